The third kappa shape index (κ3) is 3.15. The maximum atomic E-state index is 12.8. The lowest BCUT2D eigenvalue weighted by atomic mass is 9.99. The third-order valence-corrected chi connectivity index (χ3v) is 5.40. The van der Waals surface area contributed by atoms with Crippen molar-refractivity contribution in [2.75, 3.05) is 19.7 Å². The fourth-order valence-electron chi connectivity index (χ4n) is 3.30. The number of amides is 1. The molecule has 0 bridgehead atoms. The normalized spacial score (nSPS) is 24.7. The van der Waals surface area contributed by atoms with Crippen LogP contribution in [-0.2, 0) is 17.6 Å². The molecule has 3 rings (SSSR count). The van der Waals surface area contributed by atoms with E-state index in [9.17, 15) is 9.90 Å². The van der Waals surface area contributed by atoms with Gasteiger partial charge in [-0.25, -0.2) is 0 Å². The van der Waals surface area contributed by atoms with Crippen molar-refractivity contribution in [3.63, 3.8) is 0 Å². The highest BCUT2D eigenvalue weighted by atomic mass is 32.1. The van der Waals surface area contributed by atoms with Gasteiger partial charge in [0, 0.05) is 18.0 Å². The molecule has 1 aliphatic carbocycles. The number of carbonyl (C=O) groups excluding carboxylic acids is 1. The molecule has 1 amide bonds. The van der Waals surface area contributed by atoms with E-state index in [4.69, 9.17) is 4.74 Å². The molecule has 1 aliphatic heterocycles. The van der Waals surface area contributed by atoms with Crippen LogP contribution in [-0.4, -0.2) is 47.3 Å². The lowest BCUT2D eigenvalue weighted by Gasteiger charge is -2.42. The Kier molecular flexibility index (Phi) is 4.08. The van der Waals surface area contributed by atoms with E-state index in [0.29, 0.717) is 13.1 Å². The molecule has 1 aromatic rings. The Morgan fingerprint density at radius 1 is 1.48 bits per heavy atom. The van der Waals surface area contributed by atoms with Gasteiger partial charge in [-0.15, -0.1) is 11.3 Å². The molecule has 1 fully saturated rings. The number of rotatable bonds is 2. The summed E-state index contributed by atoms with van der Waals surface area (Å²) in [6.07, 6.45) is 4.40. The van der Waals surface area contributed by atoms with Gasteiger partial charge < -0.3 is 14.7 Å². The van der Waals surface area contributed by atoms with Crippen molar-refractivity contribution in [2.45, 2.75) is 51.2 Å². The summed E-state index contributed by atoms with van der Waals surface area (Å²) in [5.41, 5.74) is 0.957. The van der Waals surface area contributed by atoms with E-state index < -0.39 is 5.60 Å². The smallest absolute Gasteiger partial charge is 0.264 e. The number of aliphatic hydroxyl groups is 1. The first-order valence-electron chi connectivity index (χ1n) is 7.68. The fraction of sp³-hybridized carbons (Fsp3) is 0.688. The molecular weight excluding hydrogens is 286 g/mol. The maximum absolute atomic E-state index is 12.8. The van der Waals surface area contributed by atoms with E-state index in [1.807, 2.05) is 18.7 Å². The number of thiophene rings is 1. The van der Waals surface area contributed by atoms with Gasteiger partial charge in [-0.3, -0.25) is 4.79 Å². The predicted octanol–water partition coefficient (Wildman–Crippen LogP) is 2.24. The van der Waals surface area contributed by atoms with Gasteiger partial charge in [-0.05, 0) is 51.2 Å². The summed E-state index contributed by atoms with van der Waals surface area (Å²) >= 11 is 1.65. The predicted molar refractivity (Wildman–Crippen MR) is 82.9 cm³/mol. The van der Waals surface area contributed by atoms with Crippen LogP contribution in [0.3, 0.4) is 0 Å². The number of ether oxygens (including phenoxy) is 1. The van der Waals surface area contributed by atoms with Gasteiger partial charge in [-0.2, -0.15) is 0 Å². The molecule has 1 unspecified atom stereocenters. The van der Waals surface area contributed by atoms with E-state index in [-0.39, 0.29) is 18.6 Å². The van der Waals surface area contributed by atoms with Gasteiger partial charge in [-0.1, -0.05) is 0 Å². The summed E-state index contributed by atoms with van der Waals surface area (Å²) in [6, 6.07) is 2.08. The van der Waals surface area contributed by atoms with E-state index in [1.165, 1.54) is 23.3 Å². The lowest BCUT2D eigenvalue weighted by molar-refractivity contribution is -0.139. The Morgan fingerprint density at radius 2 is 2.24 bits per heavy atom. The summed E-state index contributed by atoms with van der Waals surface area (Å²) < 4.78 is 5.78. The minimum absolute atomic E-state index is 0.0475. The molecule has 4 nitrogen and oxygen atoms in total. The number of carbonyl (C=O) groups is 1. The Morgan fingerprint density at radius 3 is 2.95 bits per heavy atom. The van der Waals surface area contributed by atoms with Gasteiger partial charge in [0.2, 0.25) is 0 Å². The molecule has 0 saturated carbocycles. The second-order valence-electron chi connectivity index (χ2n) is 6.63. The van der Waals surface area contributed by atoms with Crippen LogP contribution in [0.15, 0.2) is 6.07 Å². The molecule has 0 radical (unpaired) electrons. The quantitative estimate of drug-likeness (QED) is 0.911. The molecular formula is C16H23NO3S. The molecule has 5 heteroatoms. The molecule has 0 spiro atoms. The first kappa shape index (κ1) is 15.0. The highest BCUT2D eigenvalue weighted by Crippen LogP contribution is 2.31. The molecule has 116 valence electrons. The van der Waals surface area contributed by atoms with Gasteiger partial charge in [0.1, 0.15) is 0 Å². The van der Waals surface area contributed by atoms with Crippen LogP contribution in [0, 0.1) is 0 Å². The Labute approximate surface area is 129 Å². The van der Waals surface area contributed by atoms with Crippen molar-refractivity contribution >= 4 is 17.2 Å². The van der Waals surface area contributed by atoms with Gasteiger partial charge in [0.15, 0.2) is 0 Å². The summed E-state index contributed by atoms with van der Waals surface area (Å²) in [5, 5.41) is 9.37. The van der Waals surface area contributed by atoms with E-state index in [2.05, 4.69) is 6.07 Å². The maximum Gasteiger partial charge on any atom is 0.264 e. The molecule has 2 heterocycles. The molecule has 1 saturated heterocycles. The zero-order valence-electron chi connectivity index (χ0n) is 12.7. The summed E-state index contributed by atoms with van der Waals surface area (Å²) in [7, 11) is 0. The van der Waals surface area contributed by atoms with E-state index >= 15 is 0 Å². The van der Waals surface area contributed by atoms with Crippen molar-refractivity contribution < 1.29 is 14.6 Å². The number of aliphatic hydroxyl groups excluding tert-OH is 1. The number of aryl methyl sites for hydroxylation is 2. The second kappa shape index (κ2) is 5.71. The number of hydrogen-bond acceptors (Lipinski definition) is 4. The lowest BCUT2D eigenvalue weighted by Crippen LogP contribution is -2.55. The highest BCUT2D eigenvalue weighted by molar-refractivity contribution is 7.14. The minimum atomic E-state index is -0.405. The first-order chi connectivity index (χ1) is 9.98. The van der Waals surface area contributed by atoms with E-state index in [0.717, 1.165) is 17.7 Å². The Balaban J connectivity index is 1.79. The SMILES string of the molecule is CC1(C)CN(C(=O)c2cc3c(s2)CCCC3)CC(CO)O1. The van der Waals surface area contributed by atoms with Crippen molar-refractivity contribution in [1.29, 1.82) is 0 Å². The number of hydrogen-bond donors (Lipinski definition) is 1. The van der Waals surface area contributed by atoms with Crippen LogP contribution >= 0.6 is 11.3 Å². The van der Waals surface area contributed by atoms with Gasteiger partial charge >= 0.3 is 0 Å². The summed E-state index contributed by atoms with van der Waals surface area (Å²) in [6.45, 7) is 4.93. The number of fused-ring (bicyclic) bond motifs is 1. The van der Waals surface area contributed by atoms with Crippen molar-refractivity contribution in [1.82, 2.24) is 4.90 Å². The Hall–Kier alpha value is -0.910. The number of morpholine rings is 1. The second-order valence-corrected chi connectivity index (χ2v) is 7.77. The zero-order chi connectivity index (χ0) is 15.0. The molecule has 21 heavy (non-hydrogen) atoms. The van der Waals surface area contributed by atoms with Crippen molar-refractivity contribution in [3.8, 4) is 0 Å². The highest BCUT2D eigenvalue weighted by Gasteiger charge is 2.36. The number of nitrogens with zero attached hydrogens (tertiary/aromatic N) is 1. The fourth-order valence-corrected chi connectivity index (χ4v) is 4.52. The van der Waals surface area contributed by atoms with Crippen LogP contribution in [0.5, 0.6) is 0 Å². The zero-order valence-corrected chi connectivity index (χ0v) is 13.5. The average Bonchev–Trinajstić information content (AvgIpc) is 2.88. The van der Waals surface area contributed by atoms with Crippen LogP contribution < -0.4 is 0 Å². The standard InChI is InChI=1S/C16H23NO3S/c1-16(2)10-17(8-12(9-18)20-16)15(19)14-7-11-5-3-4-6-13(11)21-14/h7,12,18H,3-6,8-10H2,1-2H3. The largest absolute Gasteiger partial charge is 0.394 e. The van der Waals surface area contributed by atoms with Crippen LogP contribution in [0.4, 0.5) is 0 Å². The molecule has 2 aliphatic rings. The van der Waals surface area contributed by atoms with Crippen LogP contribution in [0.25, 0.3) is 0 Å². The minimum Gasteiger partial charge on any atom is -0.394 e. The van der Waals surface area contributed by atoms with Crippen LogP contribution in [0.2, 0.25) is 0 Å². The van der Waals surface area contributed by atoms with Crippen molar-refractivity contribution in [2.24, 2.45) is 0 Å². The first-order valence-corrected chi connectivity index (χ1v) is 8.50. The topological polar surface area (TPSA) is 49.8 Å². The summed E-state index contributed by atoms with van der Waals surface area (Å²) in [4.78, 5) is 16.8. The van der Waals surface area contributed by atoms with Gasteiger partial charge in [0.05, 0.1) is 23.2 Å². The van der Waals surface area contributed by atoms with Crippen molar-refractivity contribution in [3.05, 3.63) is 21.4 Å². The van der Waals surface area contributed by atoms with Gasteiger partial charge in [0.25, 0.3) is 5.91 Å². The monoisotopic (exact) mass is 309 g/mol. The molecule has 1 N–H and O–H groups in total. The summed E-state index contributed by atoms with van der Waals surface area (Å²) in [5.74, 6) is 0.0872. The average molecular weight is 309 g/mol. The molecule has 0 aromatic carbocycles. The molecule has 1 atom stereocenters. The third-order valence-electron chi connectivity index (χ3n) is 4.18. The molecule has 1 aromatic heterocycles. The van der Waals surface area contributed by atoms with E-state index in [1.54, 1.807) is 11.3 Å². The Bertz CT molecular complexity index is 514. The van der Waals surface area contributed by atoms with Crippen LogP contribution in [0.1, 0.15) is 46.8 Å².